The van der Waals surface area contributed by atoms with Crippen LogP contribution in [0.15, 0.2) is 30.3 Å². The highest BCUT2D eigenvalue weighted by Gasteiger charge is 2.26. The van der Waals surface area contributed by atoms with Crippen LogP contribution >= 0.6 is 0 Å². The van der Waals surface area contributed by atoms with Crippen molar-refractivity contribution in [2.75, 3.05) is 13.1 Å². The number of nitriles is 1. The first-order valence-electron chi connectivity index (χ1n) is 7.93. The number of amides is 1. The number of carbonyl (C=O) groups is 1. The van der Waals surface area contributed by atoms with Crippen molar-refractivity contribution in [3.05, 3.63) is 35.9 Å². The van der Waals surface area contributed by atoms with Gasteiger partial charge in [0.2, 0.25) is 5.91 Å². The van der Waals surface area contributed by atoms with E-state index in [1.54, 1.807) is 0 Å². The summed E-state index contributed by atoms with van der Waals surface area (Å²) in [6, 6.07) is 12.4. The second-order valence-electron chi connectivity index (χ2n) is 6.07. The molecule has 1 aliphatic heterocycles. The Kier molecular flexibility index (Phi) is 5.80. The molecule has 1 fully saturated rings. The molecule has 1 aliphatic rings. The van der Waals surface area contributed by atoms with Crippen LogP contribution in [-0.2, 0) is 11.2 Å². The zero-order chi connectivity index (χ0) is 15.1. The van der Waals surface area contributed by atoms with Crippen molar-refractivity contribution >= 4 is 5.91 Å². The van der Waals surface area contributed by atoms with Gasteiger partial charge in [0.15, 0.2) is 0 Å². The molecular weight excluding hydrogens is 260 g/mol. The summed E-state index contributed by atoms with van der Waals surface area (Å²) in [4.78, 5) is 14.3. The van der Waals surface area contributed by atoms with E-state index in [2.05, 4.69) is 25.1 Å². The molecule has 1 amide bonds. The predicted octanol–water partition coefficient (Wildman–Crippen LogP) is 3.41. The van der Waals surface area contributed by atoms with Crippen LogP contribution in [0.2, 0.25) is 0 Å². The number of hydrogen-bond donors (Lipinski definition) is 0. The molecule has 21 heavy (non-hydrogen) atoms. The third-order valence-corrected chi connectivity index (χ3v) is 4.35. The topological polar surface area (TPSA) is 44.1 Å². The van der Waals surface area contributed by atoms with E-state index in [0.29, 0.717) is 12.3 Å². The Morgan fingerprint density at radius 2 is 2.00 bits per heavy atom. The van der Waals surface area contributed by atoms with Gasteiger partial charge in [0.25, 0.3) is 0 Å². The molecular formula is C18H24N2O. The molecule has 1 unspecified atom stereocenters. The first-order chi connectivity index (χ1) is 10.2. The predicted molar refractivity (Wildman–Crippen MR) is 83.5 cm³/mol. The summed E-state index contributed by atoms with van der Waals surface area (Å²) in [5, 5.41) is 9.28. The van der Waals surface area contributed by atoms with Crippen LogP contribution in [0.25, 0.3) is 0 Å². The number of likely N-dealkylation sites (tertiary alicyclic amines) is 1. The van der Waals surface area contributed by atoms with E-state index < -0.39 is 5.92 Å². The smallest absolute Gasteiger partial charge is 0.239 e. The summed E-state index contributed by atoms with van der Waals surface area (Å²) in [5.41, 5.74) is 1.27. The number of rotatable bonds is 5. The molecule has 0 N–H and O–H groups in total. The highest BCUT2D eigenvalue weighted by Crippen LogP contribution is 2.20. The Balaban J connectivity index is 1.80. The van der Waals surface area contributed by atoms with Crippen molar-refractivity contribution in [3.8, 4) is 6.07 Å². The molecule has 0 saturated carbocycles. The molecule has 0 aromatic heterocycles. The van der Waals surface area contributed by atoms with Gasteiger partial charge in [-0.05, 0) is 43.6 Å². The number of piperidine rings is 1. The number of carbonyl (C=O) groups excluding carboxylic acids is 1. The van der Waals surface area contributed by atoms with Crippen LogP contribution in [0.5, 0.6) is 0 Å². The zero-order valence-corrected chi connectivity index (χ0v) is 12.8. The van der Waals surface area contributed by atoms with Gasteiger partial charge in [-0.15, -0.1) is 0 Å². The van der Waals surface area contributed by atoms with Gasteiger partial charge in [-0.3, -0.25) is 4.79 Å². The maximum atomic E-state index is 12.4. The fourth-order valence-corrected chi connectivity index (χ4v) is 2.85. The largest absolute Gasteiger partial charge is 0.342 e. The summed E-state index contributed by atoms with van der Waals surface area (Å²) >= 11 is 0. The normalized spacial score (nSPS) is 17.2. The lowest BCUT2D eigenvalue weighted by Crippen LogP contribution is -2.41. The van der Waals surface area contributed by atoms with Crippen LogP contribution in [0.1, 0.15) is 38.2 Å². The van der Waals surface area contributed by atoms with Crippen LogP contribution < -0.4 is 0 Å². The Labute approximate surface area is 127 Å². The average molecular weight is 284 g/mol. The molecule has 112 valence electrons. The molecule has 1 atom stereocenters. The lowest BCUT2D eigenvalue weighted by Gasteiger charge is -2.31. The first kappa shape index (κ1) is 15.6. The fourth-order valence-electron chi connectivity index (χ4n) is 2.85. The van der Waals surface area contributed by atoms with E-state index in [1.165, 1.54) is 5.56 Å². The van der Waals surface area contributed by atoms with Gasteiger partial charge in [-0.2, -0.15) is 5.26 Å². The molecule has 1 aromatic rings. The van der Waals surface area contributed by atoms with Gasteiger partial charge in [-0.25, -0.2) is 0 Å². The summed E-state index contributed by atoms with van der Waals surface area (Å²) in [6.07, 6.45) is 4.61. The molecule has 0 radical (unpaired) electrons. The number of aryl methyl sites for hydroxylation is 1. The zero-order valence-electron chi connectivity index (χ0n) is 12.8. The molecule has 2 rings (SSSR count). The summed E-state index contributed by atoms with van der Waals surface area (Å²) in [5.74, 6) is 0.271. The SMILES string of the molecule is CC1CCN(C(=O)C(C#N)CCCc2ccccc2)CC1. The van der Waals surface area contributed by atoms with Gasteiger partial charge in [0.05, 0.1) is 6.07 Å². The van der Waals surface area contributed by atoms with Crippen LogP contribution in [0.4, 0.5) is 0 Å². The van der Waals surface area contributed by atoms with Crippen molar-refractivity contribution in [3.63, 3.8) is 0 Å². The van der Waals surface area contributed by atoms with E-state index in [9.17, 15) is 10.1 Å². The average Bonchev–Trinajstić information content (AvgIpc) is 2.53. The Bertz CT molecular complexity index is 484. The Hall–Kier alpha value is -1.82. The molecule has 1 aromatic carbocycles. The molecule has 1 saturated heterocycles. The lowest BCUT2D eigenvalue weighted by molar-refractivity contribution is -0.135. The van der Waals surface area contributed by atoms with E-state index in [4.69, 9.17) is 0 Å². The van der Waals surface area contributed by atoms with Gasteiger partial charge in [0, 0.05) is 13.1 Å². The number of nitrogens with zero attached hydrogens (tertiary/aromatic N) is 2. The van der Waals surface area contributed by atoms with E-state index >= 15 is 0 Å². The maximum absolute atomic E-state index is 12.4. The minimum Gasteiger partial charge on any atom is -0.342 e. The van der Waals surface area contributed by atoms with E-state index in [-0.39, 0.29) is 5.91 Å². The van der Waals surface area contributed by atoms with Crippen molar-refractivity contribution in [2.24, 2.45) is 11.8 Å². The fraction of sp³-hybridized carbons (Fsp3) is 0.556. The second-order valence-corrected chi connectivity index (χ2v) is 6.07. The first-order valence-corrected chi connectivity index (χ1v) is 7.93. The van der Waals surface area contributed by atoms with Gasteiger partial charge >= 0.3 is 0 Å². The Morgan fingerprint density at radius 3 is 2.62 bits per heavy atom. The van der Waals surface area contributed by atoms with Crippen LogP contribution in [-0.4, -0.2) is 23.9 Å². The lowest BCUT2D eigenvalue weighted by atomic mass is 9.95. The quantitative estimate of drug-likeness (QED) is 0.831. The highest BCUT2D eigenvalue weighted by molar-refractivity contribution is 5.81. The number of benzene rings is 1. The standard InChI is InChI=1S/C18H24N2O/c1-15-10-12-20(13-11-15)18(21)17(14-19)9-5-8-16-6-3-2-4-7-16/h2-4,6-7,15,17H,5,8-13H2,1H3. The maximum Gasteiger partial charge on any atom is 0.239 e. The molecule has 3 nitrogen and oxygen atoms in total. The summed E-state index contributed by atoms with van der Waals surface area (Å²) in [6.45, 7) is 3.86. The summed E-state index contributed by atoms with van der Waals surface area (Å²) in [7, 11) is 0. The van der Waals surface area contributed by atoms with Crippen molar-refractivity contribution in [1.29, 1.82) is 5.26 Å². The van der Waals surface area contributed by atoms with Crippen LogP contribution in [0, 0.1) is 23.2 Å². The molecule has 0 spiro atoms. The van der Waals surface area contributed by atoms with E-state index in [0.717, 1.165) is 38.8 Å². The monoisotopic (exact) mass is 284 g/mol. The minimum atomic E-state index is -0.470. The van der Waals surface area contributed by atoms with Crippen molar-refractivity contribution in [1.82, 2.24) is 4.90 Å². The van der Waals surface area contributed by atoms with E-state index in [1.807, 2.05) is 23.1 Å². The van der Waals surface area contributed by atoms with Crippen LogP contribution in [0.3, 0.4) is 0 Å². The Morgan fingerprint density at radius 1 is 1.33 bits per heavy atom. The number of hydrogen-bond acceptors (Lipinski definition) is 2. The van der Waals surface area contributed by atoms with Crippen molar-refractivity contribution < 1.29 is 4.79 Å². The highest BCUT2D eigenvalue weighted by atomic mass is 16.2. The molecule has 1 heterocycles. The third kappa shape index (κ3) is 4.60. The summed E-state index contributed by atoms with van der Waals surface area (Å²) < 4.78 is 0. The second kappa shape index (κ2) is 7.83. The van der Waals surface area contributed by atoms with Gasteiger partial charge < -0.3 is 4.90 Å². The molecule has 0 bridgehead atoms. The van der Waals surface area contributed by atoms with Gasteiger partial charge in [-0.1, -0.05) is 37.3 Å². The van der Waals surface area contributed by atoms with Gasteiger partial charge in [0.1, 0.15) is 5.92 Å². The molecule has 0 aliphatic carbocycles. The molecule has 3 heteroatoms. The minimum absolute atomic E-state index is 0.0393. The third-order valence-electron chi connectivity index (χ3n) is 4.35. The van der Waals surface area contributed by atoms with Crippen molar-refractivity contribution in [2.45, 2.75) is 39.0 Å².